The predicted octanol–water partition coefficient (Wildman–Crippen LogP) is 0.729. The molecular formula is C16H21N5O3. The fourth-order valence-corrected chi connectivity index (χ4v) is 3.01. The summed E-state index contributed by atoms with van der Waals surface area (Å²) in [5, 5.41) is 13.5. The minimum atomic E-state index is -0.129. The fourth-order valence-electron chi connectivity index (χ4n) is 3.01. The van der Waals surface area contributed by atoms with Crippen molar-refractivity contribution in [3.63, 3.8) is 0 Å². The van der Waals surface area contributed by atoms with Crippen LogP contribution in [0.25, 0.3) is 11.0 Å². The highest BCUT2D eigenvalue weighted by atomic mass is 16.6. The zero-order chi connectivity index (χ0) is 16.9. The SMILES string of the molecule is NCCC(=O)N[C@H]1CC[C@H](NC(=O)c2ccc3nonc3c2)CC1. The highest BCUT2D eigenvalue weighted by Gasteiger charge is 2.23. The average molecular weight is 331 g/mol. The van der Waals surface area contributed by atoms with Crippen molar-refractivity contribution in [1.29, 1.82) is 0 Å². The van der Waals surface area contributed by atoms with E-state index in [1.165, 1.54) is 0 Å². The summed E-state index contributed by atoms with van der Waals surface area (Å²) in [5.41, 5.74) is 7.10. The lowest BCUT2D eigenvalue weighted by molar-refractivity contribution is -0.121. The molecule has 4 N–H and O–H groups in total. The maximum absolute atomic E-state index is 12.3. The molecule has 1 aliphatic rings. The van der Waals surface area contributed by atoms with Crippen LogP contribution in [0.2, 0.25) is 0 Å². The van der Waals surface area contributed by atoms with Crippen LogP contribution < -0.4 is 16.4 Å². The van der Waals surface area contributed by atoms with E-state index in [-0.39, 0.29) is 23.9 Å². The van der Waals surface area contributed by atoms with E-state index in [9.17, 15) is 9.59 Å². The van der Waals surface area contributed by atoms with E-state index < -0.39 is 0 Å². The van der Waals surface area contributed by atoms with Gasteiger partial charge in [0.1, 0.15) is 11.0 Å². The molecule has 1 fully saturated rings. The number of hydrogen-bond donors (Lipinski definition) is 3. The van der Waals surface area contributed by atoms with Crippen LogP contribution in [-0.2, 0) is 4.79 Å². The zero-order valence-corrected chi connectivity index (χ0v) is 13.3. The first kappa shape index (κ1) is 16.4. The molecule has 1 heterocycles. The summed E-state index contributed by atoms with van der Waals surface area (Å²) in [6, 6.07) is 5.38. The number of carbonyl (C=O) groups is 2. The molecule has 2 amide bonds. The molecule has 2 aromatic rings. The van der Waals surface area contributed by atoms with Crippen LogP contribution in [0, 0.1) is 0 Å². The second-order valence-corrected chi connectivity index (χ2v) is 6.10. The monoisotopic (exact) mass is 331 g/mol. The van der Waals surface area contributed by atoms with Gasteiger partial charge in [-0.2, -0.15) is 0 Å². The van der Waals surface area contributed by atoms with Gasteiger partial charge in [-0.1, -0.05) is 0 Å². The molecule has 0 bridgehead atoms. The van der Waals surface area contributed by atoms with E-state index >= 15 is 0 Å². The number of benzene rings is 1. The average Bonchev–Trinajstić information content (AvgIpc) is 3.04. The van der Waals surface area contributed by atoms with Gasteiger partial charge in [0.2, 0.25) is 5.91 Å². The van der Waals surface area contributed by atoms with Crippen LogP contribution in [-0.4, -0.2) is 40.8 Å². The second-order valence-electron chi connectivity index (χ2n) is 6.10. The molecule has 8 heteroatoms. The van der Waals surface area contributed by atoms with Crippen LogP contribution in [0.15, 0.2) is 22.8 Å². The highest BCUT2D eigenvalue weighted by molar-refractivity contribution is 5.97. The number of nitrogens with one attached hydrogen (secondary N) is 2. The minimum Gasteiger partial charge on any atom is -0.353 e. The Morgan fingerprint density at radius 2 is 1.75 bits per heavy atom. The largest absolute Gasteiger partial charge is 0.353 e. The topological polar surface area (TPSA) is 123 Å². The first-order valence-corrected chi connectivity index (χ1v) is 8.18. The molecule has 1 aromatic heterocycles. The van der Waals surface area contributed by atoms with Gasteiger partial charge in [-0.05, 0) is 54.2 Å². The summed E-state index contributed by atoms with van der Waals surface area (Å²) in [6.07, 6.45) is 3.75. The quantitative estimate of drug-likeness (QED) is 0.742. The number of hydrogen-bond acceptors (Lipinski definition) is 6. The number of aromatic nitrogens is 2. The number of nitrogens with two attached hydrogens (primary N) is 1. The predicted molar refractivity (Wildman–Crippen MR) is 87.1 cm³/mol. The number of fused-ring (bicyclic) bond motifs is 1. The van der Waals surface area contributed by atoms with Gasteiger partial charge in [-0.3, -0.25) is 9.59 Å². The molecule has 3 rings (SSSR count). The molecule has 1 aromatic carbocycles. The van der Waals surface area contributed by atoms with E-state index in [1.807, 2.05) is 0 Å². The smallest absolute Gasteiger partial charge is 0.251 e. The Morgan fingerprint density at radius 3 is 2.46 bits per heavy atom. The lowest BCUT2D eigenvalue weighted by Gasteiger charge is -2.29. The van der Waals surface area contributed by atoms with E-state index in [0.717, 1.165) is 25.7 Å². The lowest BCUT2D eigenvalue weighted by Crippen LogP contribution is -2.44. The highest BCUT2D eigenvalue weighted by Crippen LogP contribution is 2.20. The molecule has 24 heavy (non-hydrogen) atoms. The second kappa shape index (κ2) is 7.39. The lowest BCUT2D eigenvalue weighted by atomic mass is 9.91. The van der Waals surface area contributed by atoms with Crippen LogP contribution in [0.4, 0.5) is 0 Å². The molecular weight excluding hydrogens is 310 g/mol. The summed E-state index contributed by atoms with van der Waals surface area (Å²) < 4.78 is 4.64. The van der Waals surface area contributed by atoms with Crippen molar-refractivity contribution in [3.05, 3.63) is 23.8 Å². The third-order valence-corrected chi connectivity index (χ3v) is 4.31. The number of amides is 2. The van der Waals surface area contributed by atoms with Crippen molar-refractivity contribution in [2.45, 2.75) is 44.2 Å². The van der Waals surface area contributed by atoms with E-state index in [1.54, 1.807) is 18.2 Å². The summed E-state index contributed by atoms with van der Waals surface area (Å²) >= 11 is 0. The molecule has 0 radical (unpaired) electrons. The maximum Gasteiger partial charge on any atom is 0.251 e. The van der Waals surface area contributed by atoms with Crippen LogP contribution >= 0.6 is 0 Å². The Kier molecular flexibility index (Phi) is 5.05. The van der Waals surface area contributed by atoms with Crippen molar-refractivity contribution in [3.8, 4) is 0 Å². The molecule has 8 nitrogen and oxygen atoms in total. The van der Waals surface area contributed by atoms with E-state index in [0.29, 0.717) is 29.6 Å². The third-order valence-electron chi connectivity index (χ3n) is 4.31. The first-order chi connectivity index (χ1) is 11.7. The Hall–Kier alpha value is -2.48. The first-order valence-electron chi connectivity index (χ1n) is 8.18. The van der Waals surface area contributed by atoms with E-state index in [4.69, 9.17) is 5.73 Å². The fraction of sp³-hybridized carbons (Fsp3) is 0.500. The van der Waals surface area contributed by atoms with Gasteiger partial charge in [0.15, 0.2) is 0 Å². The van der Waals surface area contributed by atoms with Crippen molar-refractivity contribution in [2.24, 2.45) is 5.73 Å². The van der Waals surface area contributed by atoms with Gasteiger partial charge < -0.3 is 16.4 Å². The number of nitrogens with zero attached hydrogens (tertiary/aromatic N) is 2. The standard InChI is InChI=1S/C16H21N5O3/c17-8-7-15(22)18-11-2-4-12(5-3-11)19-16(23)10-1-6-13-14(9-10)21-24-20-13/h1,6,9,11-12H,2-5,7-8,17H2,(H,18,22)(H,19,23)/t11-,12-. The molecule has 0 spiro atoms. The zero-order valence-electron chi connectivity index (χ0n) is 13.3. The molecule has 1 saturated carbocycles. The van der Waals surface area contributed by atoms with Crippen molar-refractivity contribution in [1.82, 2.24) is 20.9 Å². The summed E-state index contributed by atoms with van der Waals surface area (Å²) in [7, 11) is 0. The molecule has 0 atom stereocenters. The van der Waals surface area contributed by atoms with Crippen LogP contribution in [0.5, 0.6) is 0 Å². The minimum absolute atomic E-state index is 0.000454. The third kappa shape index (κ3) is 3.88. The maximum atomic E-state index is 12.3. The molecule has 128 valence electrons. The number of rotatable bonds is 5. The summed E-state index contributed by atoms with van der Waals surface area (Å²) in [5.74, 6) is -0.130. The Labute approximate surface area is 139 Å². The Balaban J connectivity index is 1.50. The molecule has 0 unspecified atom stereocenters. The summed E-state index contributed by atoms with van der Waals surface area (Å²) in [4.78, 5) is 23.9. The van der Waals surface area contributed by atoms with Crippen molar-refractivity contribution >= 4 is 22.8 Å². The summed E-state index contributed by atoms with van der Waals surface area (Å²) in [6.45, 7) is 0.364. The Morgan fingerprint density at radius 1 is 1.08 bits per heavy atom. The number of carbonyl (C=O) groups excluding carboxylic acids is 2. The van der Waals surface area contributed by atoms with Gasteiger partial charge in [0.25, 0.3) is 5.91 Å². The Bertz CT molecular complexity index is 721. The van der Waals surface area contributed by atoms with Gasteiger partial charge in [0, 0.05) is 30.6 Å². The molecule has 0 saturated heterocycles. The normalized spacial score (nSPS) is 20.7. The van der Waals surface area contributed by atoms with Gasteiger partial charge in [-0.15, -0.1) is 0 Å². The van der Waals surface area contributed by atoms with Gasteiger partial charge in [0.05, 0.1) is 0 Å². The van der Waals surface area contributed by atoms with Gasteiger partial charge in [-0.25, -0.2) is 4.63 Å². The van der Waals surface area contributed by atoms with E-state index in [2.05, 4.69) is 25.6 Å². The van der Waals surface area contributed by atoms with Crippen LogP contribution in [0.3, 0.4) is 0 Å². The van der Waals surface area contributed by atoms with Crippen molar-refractivity contribution in [2.75, 3.05) is 6.54 Å². The van der Waals surface area contributed by atoms with Crippen LogP contribution in [0.1, 0.15) is 42.5 Å². The molecule has 1 aliphatic carbocycles. The molecule has 0 aliphatic heterocycles. The van der Waals surface area contributed by atoms with Crippen molar-refractivity contribution < 1.29 is 14.2 Å². The van der Waals surface area contributed by atoms with Gasteiger partial charge >= 0.3 is 0 Å².